The number of pyridine rings is 5. The number of carbonyl (C=O) groups excluding carboxylic acids is 5. The van der Waals surface area contributed by atoms with Crippen molar-refractivity contribution in [2.75, 3.05) is 60.3 Å². The number of piperidine rings is 1. The molecule has 1 atom stereocenters. The molecule has 3 aliphatic rings. The van der Waals surface area contributed by atoms with Gasteiger partial charge >= 0.3 is 0 Å². The quantitative estimate of drug-likeness (QED) is 0.0340. The molecule has 10 N–H and O–H groups in total. The SMILES string of the molecule is CC(C)NC(=O)c1cccc2c1nc(Nc1ccccc1Cl)c1ccsc12.CN1CCCC(NC(=O)c2cccc3c2nc(Nc2ccccc2Cl)c2ccsc23)C1.CNC(=O)c1cccc2c1nc(Nc1ccccc1F)c1cscc12.O=C(NC1CC1)c1cccc2c1nc(Nc1ccccc1Cl)c1ccsc12.O=C(NCC1CC1)c1cccc2c1nc(Nc1ccccc1Cl)c1ccsc12. The molecule has 31 heteroatoms. The normalized spacial score (nSPS) is 13.5. The number of fused-ring (bicyclic) bond motifs is 15. The maximum Gasteiger partial charge on any atom is 0.253 e. The molecule has 0 bridgehead atoms. The first kappa shape index (κ1) is 93.5. The first-order valence-corrected chi connectivity index (χ1v) is 50.9. The zero-order valence-corrected chi connectivity index (χ0v) is 81.9. The van der Waals surface area contributed by atoms with E-state index in [2.05, 4.69) is 76.2 Å². The fourth-order valence-electron chi connectivity index (χ4n) is 16.6. The number of benzene rings is 10. The lowest BCUT2D eigenvalue weighted by atomic mass is 10.0. The van der Waals surface area contributed by atoms with Crippen LogP contribution in [0.5, 0.6) is 0 Å². The van der Waals surface area contributed by atoms with Gasteiger partial charge in [-0.15, -0.1) is 45.3 Å². The molecule has 23 rings (SSSR count). The van der Waals surface area contributed by atoms with Crippen LogP contribution in [0, 0.1) is 11.7 Å². The Balaban J connectivity index is 0.000000110. The van der Waals surface area contributed by atoms with E-state index in [9.17, 15) is 28.4 Å². The van der Waals surface area contributed by atoms with Crippen LogP contribution in [0.1, 0.15) is 104 Å². The molecule has 21 nitrogen and oxygen atoms in total. The smallest absolute Gasteiger partial charge is 0.253 e. The average molecular weight is 2000 g/mol. The van der Waals surface area contributed by atoms with Crippen LogP contribution in [0.15, 0.2) is 269 Å². The number of hydrogen-bond donors (Lipinski definition) is 10. The van der Waals surface area contributed by atoms with E-state index in [4.69, 9.17) is 66.3 Å². The molecule has 10 aromatic heterocycles. The summed E-state index contributed by atoms with van der Waals surface area (Å²) in [5.41, 5.74) is 9.76. The Labute approximate surface area is 833 Å². The lowest BCUT2D eigenvalue weighted by Crippen LogP contribution is -2.46. The highest BCUT2D eigenvalue weighted by Gasteiger charge is 2.29. The Morgan fingerprint density at radius 3 is 1.09 bits per heavy atom. The number of carbonyl (C=O) groups is 5. The van der Waals surface area contributed by atoms with E-state index >= 15 is 0 Å². The van der Waals surface area contributed by atoms with Crippen molar-refractivity contribution >= 4 is 296 Å². The van der Waals surface area contributed by atoms with E-state index in [1.54, 1.807) is 88.0 Å². The van der Waals surface area contributed by atoms with Crippen molar-refractivity contribution in [2.45, 2.75) is 70.5 Å². The molecule has 3 fully saturated rings. The van der Waals surface area contributed by atoms with Gasteiger partial charge in [0.1, 0.15) is 34.9 Å². The van der Waals surface area contributed by atoms with Gasteiger partial charge in [0.15, 0.2) is 0 Å². The summed E-state index contributed by atoms with van der Waals surface area (Å²) in [5.74, 6) is 3.10. The van der Waals surface area contributed by atoms with Crippen molar-refractivity contribution in [3.63, 3.8) is 0 Å². The van der Waals surface area contributed by atoms with E-state index in [0.29, 0.717) is 122 Å². The molecule has 11 heterocycles. The van der Waals surface area contributed by atoms with Crippen LogP contribution < -0.4 is 53.2 Å². The van der Waals surface area contributed by atoms with Gasteiger partial charge in [-0.05, 0) is 214 Å². The zero-order valence-electron chi connectivity index (χ0n) is 74.8. The third kappa shape index (κ3) is 20.6. The molecule has 10 aromatic carbocycles. The van der Waals surface area contributed by atoms with Crippen molar-refractivity contribution in [3.05, 3.63) is 323 Å². The molecule has 20 aromatic rings. The molecular formula is C107H89Cl4FN16O5S5. The van der Waals surface area contributed by atoms with Gasteiger partial charge < -0.3 is 58.1 Å². The number of nitrogens with one attached hydrogen (secondary N) is 10. The number of halogens is 5. The van der Waals surface area contributed by atoms with E-state index in [1.807, 2.05) is 246 Å². The summed E-state index contributed by atoms with van der Waals surface area (Å²) in [4.78, 5) is 89.9. The number of amides is 5. The summed E-state index contributed by atoms with van der Waals surface area (Å²) >= 11 is 33.4. The monoisotopic (exact) mass is 2000 g/mol. The number of thiophene rings is 5. The van der Waals surface area contributed by atoms with Gasteiger partial charge in [0.2, 0.25) is 0 Å². The number of nitrogens with zero attached hydrogens (tertiary/aromatic N) is 6. The van der Waals surface area contributed by atoms with Gasteiger partial charge in [-0.3, -0.25) is 24.0 Å². The maximum atomic E-state index is 14.0. The topological polar surface area (TPSA) is 273 Å². The second-order valence-electron chi connectivity index (χ2n) is 33.9. The van der Waals surface area contributed by atoms with E-state index in [1.165, 1.54) is 18.9 Å². The fourth-order valence-corrected chi connectivity index (χ4v) is 21.9. The third-order valence-corrected chi connectivity index (χ3v) is 29.6. The van der Waals surface area contributed by atoms with E-state index in [0.717, 1.165) is 146 Å². The van der Waals surface area contributed by atoms with Crippen molar-refractivity contribution < 1.29 is 28.4 Å². The van der Waals surface area contributed by atoms with Crippen LogP contribution >= 0.6 is 103 Å². The van der Waals surface area contributed by atoms with Crippen molar-refractivity contribution in [1.82, 2.24) is 56.4 Å². The standard InChI is InChI=1S/C24H23ClN4OS.C22H18ClN3OS.C21H16ClN3OS.C21H18ClN3OS.C19H14FN3OS/c1-29-12-5-6-15(14-29)26-24(30)17-8-4-7-16-21(17)28-23(18-11-13-31-22(16)18)27-20-10-3-2-9-19(20)25;23-17-6-1-2-7-18(17)25-21-16-10-11-28-20(16)14-4-3-5-15(19(14)26-21)22(27)24-12-13-8-9-13;22-16-6-1-2-7-17(16)24-20-15-10-11-27-19(15)13-4-3-5-14(18(13)25-20)21(26)23-12-8-9-12;1-12(2)23-21(26)14-7-5-6-13-18(14)25-20(15-10-11-27-19(13)15)24-17-9-4-3-8-16(17)22;1-21-19(24)12-6-4-5-11-13-9-25-10-14(13)18(23-17(11)12)22-16-8-3-2-7-15(16)20/h2-4,7-11,13,15H,5-6,12,14H2,1H3,(H,26,30)(H,27,28);1-7,10-11,13H,8-9,12H2,(H,24,27)(H,25,26);1-7,10-12H,8-9H2,(H,23,26)(H,24,25);3-12H,1-2H3,(H,23,26)(H,24,25);2-10H,1H3,(H,21,24)(H,22,23). The summed E-state index contributed by atoms with van der Waals surface area (Å²) in [6, 6.07) is 74.1. The molecule has 1 saturated heterocycles. The molecule has 1 aliphatic heterocycles. The first-order chi connectivity index (χ1) is 67.2. The summed E-state index contributed by atoms with van der Waals surface area (Å²) < 4.78 is 18.4. The predicted molar refractivity (Wildman–Crippen MR) is 574 cm³/mol. The zero-order chi connectivity index (χ0) is 95.2. The molecular weight excluding hydrogens is 1910 g/mol. The Kier molecular flexibility index (Phi) is 28.3. The predicted octanol–water partition coefficient (Wildman–Crippen LogP) is 28.1. The minimum Gasteiger partial charge on any atom is -0.355 e. The Bertz CT molecular complexity index is 7910. The van der Waals surface area contributed by atoms with Gasteiger partial charge in [-0.2, -0.15) is 11.3 Å². The van der Waals surface area contributed by atoms with E-state index < -0.39 is 0 Å². The molecule has 0 spiro atoms. The fraction of sp³-hybridized carbons (Fsp3) is 0.159. The Hall–Kier alpha value is -13.6. The summed E-state index contributed by atoms with van der Waals surface area (Å²) in [5, 5.41) is 56.9. The minimum absolute atomic E-state index is 0.0546. The van der Waals surface area contributed by atoms with Crippen LogP contribution in [0.3, 0.4) is 0 Å². The highest BCUT2D eigenvalue weighted by Crippen LogP contribution is 2.44. The number of aromatic nitrogens is 5. The van der Waals surface area contributed by atoms with Gasteiger partial charge in [-0.1, -0.05) is 168 Å². The van der Waals surface area contributed by atoms with Crippen molar-refractivity contribution in [2.24, 2.45) is 5.92 Å². The molecule has 138 heavy (non-hydrogen) atoms. The maximum absolute atomic E-state index is 14.0. The average Bonchev–Trinajstić information content (AvgIpc) is 1.49. The van der Waals surface area contributed by atoms with Crippen LogP contribution in [0.2, 0.25) is 20.1 Å². The highest BCUT2D eigenvalue weighted by molar-refractivity contribution is 7.19. The summed E-state index contributed by atoms with van der Waals surface area (Å²) in [6.07, 6.45) is 6.61. The molecule has 1 unspecified atom stereocenters. The van der Waals surface area contributed by atoms with Crippen molar-refractivity contribution in [1.29, 1.82) is 0 Å². The van der Waals surface area contributed by atoms with Gasteiger partial charge in [0.05, 0.1) is 104 Å². The van der Waals surface area contributed by atoms with Crippen LogP contribution in [-0.2, 0) is 0 Å². The van der Waals surface area contributed by atoms with Crippen LogP contribution in [-0.4, -0.2) is 111 Å². The second kappa shape index (κ2) is 41.8. The van der Waals surface area contributed by atoms with Crippen LogP contribution in [0.25, 0.3) is 106 Å². The summed E-state index contributed by atoms with van der Waals surface area (Å²) in [6.45, 7) is 6.58. The second-order valence-corrected chi connectivity index (χ2v) is 39.9. The molecule has 2 aliphatic carbocycles. The number of likely N-dealkylation sites (tertiary alicyclic amines) is 1. The van der Waals surface area contributed by atoms with Crippen molar-refractivity contribution in [3.8, 4) is 0 Å². The van der Waals surface area contributed by atoms with Gasteiger partial charge in [-0.25, -0.2) is 29.3 Å². The van der Waals surface area contributed by atoms with Gasteiger partial charge in [0, 0.05) is 122 Å². The largest absolute Gasteiger partial charge is 0.355 e. The number of anilines is 10. The molecule has 0 radical (unpaired) electrons. The highest BCUT2D eigenvalue weighted by atomic mass is 35.5. The Morgan fingerprint density at radius 2 is 0.710 bits per heavy atom. The summed E-state index contributed by atoms with van der Waals surface area (Å²) in [7, 11) is 3.68. The lowest BCUT2D eigenvalue weighted by Gasteiger charge is -2.30. The number of likely N-dealkylation sites (N-methyl/N-ethyl adjacent to an activating group) is 1. The molecule has 692 valence electrons. The lowest BCUT2D eigenvalue weighted by molar-refractivity contribution is 0.0909. The molecule has 2 saturated carbocycles. The van der Waals surface area contributed by atoms with Gasteiger partial charge in [0.25, 0.3) is 29.5 Å². The first-order valence-electron chi connectivity index (χ1n) is 44.9. The number of hydrogen-bond acceptors (Lipinski definition) is 21. The number of para-hydroxylation sites is 10. The molecule has 5 amide bonds. The Morgan fingerprint density at radius 1 is 0.370 bits per heavy atom. The number of rotatable bonds is 20. The van der Waals surface area contributed by atoms with Crippen LogP contribution in [0.4, 0.5) is 61.9 Å². The van der Waals surface area contributed by atoms with E-state index in [-0.39, 0.29) is 47.4 Å². The minimum atomic E-state index is -0.354. The third-order valence-electron chi connectivity index (χ3n) is 23.8.